The van der Waals surface area contributed by atoms with Crippen molar-refractivity contribution in [2.45, 2.75) is 38.5 Å². The average molecular weight is 553 g/mol. The number of carbonyl (C=O) groups is 2. The summed E-state index contributed by atoms with van der Waals surface area (Å²) in [5.41, 5.74) is 1.01. The average Bonchev–Trinajstić information content (AvgIpc) is 3.56. The number of anilines is 1. The zero-order valence-electron chi connectivity index (χ0n) is 21.9. The molecule has 3 aromatic rings. The first kappa shape index (κ1) is 27.1. The summed E-state index contributed by atoms with van der Waals surface area (Å²) in [6.45, 7) is 3.82. The number of nitrogens with zero attached hydrogens (tertiary/aromatic N) is 3. The van der Waals surface area contributed by atoms with E-state index < -0.39 is 22.9 Å². The third-order valence-electron chi connectivity index (χ3n) is 6.89. The number of rotatable bonds is 9. The van der Waals surface area contributed by atoms with Gasteiger partial charge < -0.3 is 19.2 Å². The number of nitro groups is 1. The van der Waals surface area contributed by atoms with E-state index in [1.807, 2.05) is 12.1 Å². The van der Waals surface area contributed by atoms with E-state index in [9.17, 15) is 24.1 Å². The highest BCUT2D eigenvalue weighted by molar-refractivity contribution is 5.90. The molecule has 3 heterocycles. The van der Waals surface area contributed by atoms with Crippen LogP contribution < -0.4 is 15.0 Å². The summed E-state index contributed by atoms with van der Waals surface area (Å²) in [5.74, 6) is 0.657. The van der Waals surface area contributed by atoms with Crippen molar-refractivity contribution in [2.24, 2.45) is 0 Å². The van der Waals surface area contributed by atoms with Gasteiger partial charge in [0.25, 0.3) is 5.69 Å². The molecule has 0 saturated carbocycles. The van der Waals surface area contributed by atoms with Gasteiger partial charge in [-0.1, -0.05) is 12.1 Å². The van der Waals surface area contributed by atoms with Gasteiger partial charge in [-0.2, -0.15) is 0 Å². The highest BCUT2D eigenvalue weighted by Crippen LogP contribution is 2.30. The second-order valence-electron chi connectivity index (χ2n) is 9.83. The van der Waals surface area contributed by atoms with Gasteiger partial charge in [-0.25, -0.2) is 9.18 Å². The Morgan fingerprint density at radius 1 is 1.18 bits per heavy atom. The van der Waals surface area contributed by atoms with Crippen molar-refractivity contribution in [2.75, 3.05) is 31.1 Å². The van der Waals surface area contributed by atoms with E-state index in [2.05, 4.69) is 10.2 Å². The predicted octanol–water partition coefficient (Wildman–Crippen LogP) is 4.50. The van der Waals surface area contributed by atoms with Crippen molar-refractivity contribution < 1.29 is 32.8 Å². The van der Waals surface area contributed by atoms with Crippen LogP contribution in [0.1, 0.15) is 25.5 Å². The Balaban J connectivity index is 1.12. The lowest BCUT2D eigenvalue weighted by atomic mass is 10.1. The Kier molecular flexibility index (Phi) is 7.96. The number of halogens is 1. The van der Waals surface area contributed by atoms with Crippen molar-refractivity contribution in [1.82, 2.24) is 10.2 Å². The van der Waals surface area contributed by atoms with Crippen LogP contribution in [0.25, 0.3) is 11.3 Å². The molecule has 40 heavy (non-hydrogen) atoms. The molecule has 0 radical (unpaired) electrons. The normalized spacial score (nSPS) is 18.0. The Bertz CT molecular complexity index is 1400. The number of ether oxygens (including phenoxy) is 2. The van der Waals surface area contributed by atoms with Crippen LogP contribution in [-0.2, 0) is 16.1 Å². The minimum absolute atomic E-state index is 0.00879. The Hall–Kier alpha value is -4.45. The van der Waals surface area contributed by atoms with Gasteiger partial charge in [0.2, 0.25) is 5.91 Å². The standard InChI is InChI=1S/C28H29FN4O7/c1-18(34)30-15-24-17-32(28(35)40-24)20-5-7-27(25(29)14-20)38-22-9-11-31(12-10-22)16-23-6-8-26(39-23)19-3-2-4-21(13-19)33(36)37/h2-8,13-14,22,24H,9-12,15-17H2,1H3,(H,30,34)/t24-/m0/s1. The Morgan fingerprint density at radius 3 is 2.70 bits per heavy atom. The number of nitrogens with one attached hydrogen (secondary N) is 1. The van der Waals surface area contributed by atoms with E-state index in [1.165, 1.54) is 36.1 Å². The molecule has 0 aliphatic carbocycles. The summed E-state index contributed by atoms with van der Waals surface area (Å²) >= 11 is 0. The summed E-state index contributed by atoms with van der Waals surface area (Å²) in [5, 5.41) is 13.7. The zero-order valence-corrected chi connectivity index (χ0v) is 21.9. The third-order valence-corrected chi connectivity index (χ3v) is 6.89. The fourth-order valence-corrected chi connectivity index (χ4v) is 4.83. The van der Waals surface area contributed by atoms with Crippen molar-refractivity contribution >= 4 is 23.4 Å². The summed E-state index contributed by atoms with van der Waals surface area (Å²) < 4.78 is 32.0. The lowest BCUT2D eigenvalue weighted by Crippen LogP contribution is -2.37. The fraction of sp³-hybridized carbons (Fsp3) is 0.357. The molecule has 0 bridgehead atoms. The maximum absolute atomic E-state index is 14.9. The van der Waals surface area contributed by atoms with Gasteiger partial charge in [0.15, 0.2) is 11.6 Å². The molecule has 11 nitrogen and oxygen atoms in total. The molecular formula is C28H29FN4O7. The van der Waals surface area contributed by atoms with E-state index in [0.717, 1.165) is 18.8 Å². The van der Waals surface area contributed by atoms with Crippen LogP contribution in [0.2, 0.25) is 0 Å². The summed E-state index contributed by atoms with van der Waals surface area (Å²) in [6, 6.07) is 14.4. The molecule has 2 aliphatic heterocycles. The molecule has 210 valence electrons. The second-order valence-corrected chi connectivity index (χ2v) is 9.83. The van der Waals surface area contributed by atoms with Crippen LogP contribution in [-0.4, -0.2) is 60.2 Å². The largest absolute Gasteiger partial charge is 0.487 e. The molecule has 0 spiro atoms. The van der Waals surface area contributed by atoms with E-state index in [-0.39, 0.29) is 36.5 Å². The van der Waals surface area contributed by atoms with Gasteiger partial charge in [-0.3, -0.25) is 24.7 Å². The van der Waals surface area contributed by atoms with Gasteiger partial charge in [0.1, 0.15) is 23.7 Å². The van der Waals surface area contributed by atoms with Crippen LogP contribution in [0.3, 0.4) is 0 Å². The highest BCUT2D eigenvalue weighted by Gasteiger charge is 2.33. The first-order chi connectivity index (χ1) is 19.2. The quantitative estimate of drug-likeness (QED) is 0.304. The Morgan fingerprint density at radius 2 is 1.98 bits per heavy atom. The van der Waals surface area contributed by atoms with E-state index in [4.69, 9.17) is 13.9 Å². The molecule has 2 aliphatic rings. The van der Waals surface area contributed by atoms with Crippen molar-refractivity contribution in [1.29, 1.82) is 0 Å². The lowest BCUT2D eigenvalue weighted by Gasteiger charge is -2.31. The molecule has 1 N–H and O–H groups in total. The number of nitro benzene ring substituents is 1. The summed E-state index contributed by atoms with van der Waals surface area (Å²) in [6.07, 6.45) is 0.135. The minimum Gasteiger partial charge on any atom is -0.487 e. The van der Waals surface area contributed by atoms with Gasteiger partial charge in [-0.15, -0.1) is 0 Å². The number of piperidine rings is 1. The molecule has 2 aromatic carbocycles. The highest BCUT2D eigenvalue weighted by atomic mass is 19.1. The van der Waals surface area contributed by atoms with Gasteiger partial charge in [-0.05, 0) is 37.1 Å². The second kappa shape index (κ2) is 11.7. The SMILES string of the molecule is CC(=O)NC[C@H]1CN(c2ccc(OC3CCN(Cc4ccc(-c5cccc([N+](=O)[O-])c5)o4)CC3)c(F)c2)C(=O)O1. The number of hydrogen-bond acceptors (Lipinski definition) is 8. The maximum Gasteiger partial charge on any atom is 0.414 e. The predicted molar refractivity (Wildman–Crippen MR) is 142 cm³/mol. The number of amides is 2. The van der Waals surface area contributed by atoms with Crippen molar-refractivity contribution in [3.63, 3.8) is 0 Å². The number of hydrogen-bond donors (Lipinski definition) is 1. The molecule has 12 heteroatoms. The lowest BCUT2D eigenvalue weighted by molar-refractivity contribution is -0.384. The smallest absolute Gasteiger partial charge is 0.414 e. The molecule has 2 saturated heterocycles. The van der Waals surface area contributed by atoms with Crippen LogP contribution in [0.4, 0.5) is 20.6 Å². The molecule has 1 aromatic heterocycles. The molecule has 2 fully saturated rings. The first-order valence-corrected chi connectivity index (χ1v) is 13.0. The van der Waals surface area contributed by atoms with Crippen LogP contribution in [0.5, 0.6) is 5.75 Å². The topological polar surface area (TPSA) is 127 Å². The van der Waals surface area contributed by atoms with Crippen LogP contribution in [0.15, 0.2) is 59.0 Å². The van der Waals surface area contributed by atoms with E-state index in [1.54, 1.807) is 18.2 Å². The van der Waals surface area contributed by atoms with Crippen molar-refractivity contribution in [3.05, 3.63) is 76.3 Å². The number of cyclic esters (lactones) is 1. The van der Waals surface area contributed by atoms with Crippen molar-refractivity contribution in [3.8, 4) is 17.1 Å². The number of furan rings is 1. The fourth-order valence-electron chi connectivity index (χ4n) is 4.83. The number of non-ortho nitro benzene ring substituents is 1. The molecule has 1 atom stereocenters. The minimum atomic E-state index is -0.593. The third kappa shape index (κ3) is 6.40. The monoisotopic (exact) mass is 552 g/mol. The Labute approximate surface area is 229 Å². The summed E-state index contributed by atoms with van der Waals surface area (Å²) in [7, 11) is 0. The van der Waals surface area contributed by atoms with Crippen LogP contribution >= 0.6 is 0 Å². The van der Waals surface area contributed by atoms with Gasteiger partial charge in [0, 0.05) is 43.8 Å². The van der Waals surface area contributed by atoms with Gasteiger partial charge in [0.05, 0.1) is 30.2 Å². The molecular weight excluding hydrogens is 523 g/mol. The van der Waals surface area contributed by atoms with Gasteiger partial charge >= 0.3 is 6.09 Å². The van der Waals surface area contributed by atoms with E-state index >= 15 is 0 Å². The number of benzene rings is 2. The van der Waals surface area contributed by atoms with Crippen LogP contribution in [0, 0.1) is 15.9 Å². The molecule has 2 amide bonds. The number of likely N-dealkylation sites (tertiary alicyclic amines) is 1. The van der Waals surface area contributed by atoms with E-state index in [0.29, 0.717) is 36.4 Å². The summed E-state index contributed by atoms with van der Waals surface area (Å²) in [4.78, 5) is 37.5. The first-order valence-electron chi connectivity index (χ1n) is 13.0. The molecule has 0 unspecified atom stereocenters. The number of carbonyl (C=O) groups excluding carboxylic acids is 2. The molecule has 5 rings (SSSR count). The zero-order chi connectivity index (χ0) is 28.2. The maximum atomic E-state index is 14.9.